The summed E-state index contributed by atoms with van der Waals surface area (Å²) in [6.45, 7) is 7.47. The maximum Gasteiger partial charge on any atom is 0.320 e. The molecule has 0 aliphatic carbocycles. The molecule has 0 radical (unpaired) electrons. The van der Waals surface area contributed by atoms with E-state index in [-0.39, 0.29) is 11.9 Å². The van der Waals surface area contributed by atoms with Gasteiger partial charge in [0.1, 0.15) is 6.04 Å². The van der Waals surface area contributed by atoms with Crippen molar-refractivity contribution in [2.45, 2.75) is 58.7 Å². The lowest BCUT2D eigenvalue weighted by Crippen LogP contribution is -2.51. The number of nitrogens with one attached hydrogen (secondary N) is 1. The second-order valence-corrected chi connectivity index (χ2v) is 4.61. The molecule has 2 N–H and O–H groups in total. The first-order chi connectivity index (χ1) is 7.81. The summed E-state index contributed by atoms with van der Waals surface area (Å²) in [5.41, 5.74) is 0. The van der Waals surface area contributed by atoms with E-state index in [9.17, 15) is 9.59 Å². The highest BCUT2D eigenvalue weighted by molar-refractivity contribution is 5.82. The van der Waals surface area contributed by atoms with Gasteiger partial charge in [-0.25, -0.2) is 0 Å². The molecule has 2 atom stereocenters. The van der Waals surface area contributed by atoms with E-state index in [2.05, 4.69) is 5.32 Å². The van der Waals surface area contributed by atoms with Gasteiger partial charge in [0.15, 0.2) is 0 Å². The van der Waals surface area contributed by atoms with Crippen LogP contribution in [-0.2, 0) is 9.59 Å². The second-order valence-electron chi connectivity index (χ2n) is 4.61. The van der Waals surface area contributed by atoms with Crippen molar-refractivity contribution in [1.29, 1.82) is 0 Å². The molecule has 0 aromatic carbocycles. The summed E-state index contributed by atoms with van der Waals surface area (Å²) in [6, 6.07) is -1.02. The molecule has 5 nitrogen and oxygen atoms in total. The highest BCUT2D eigenvalue weighted by Gasteiger charge is 2.24. The van der Waals surface area contributed by atoms with Crippen molar-refractivity contribution >= 4 is 11.9 Å². The SMILES string of the molecule is CCCC(NC(C)C(=O)N(C)C(C)C)C(=O)O. The number of carbonyl (C=O) groups is 2. The molecule has 0 aromatic rings. The van der Waals surface area contributed by atoms with Crippen LogP contribution in [0.1, 0.15) is 40.5 Å². The minimum Gasteiger partial charge on any atom is -0.480 e. The predicted octanol–water partition coefficient (Wildman–Crippen LogP) is 1.08. The van der Waals surface area contributed by atoms with Crippen LogP contribution in [0.2, 0.25) is 0 Å². The minimum atomic E-state index is -0.904. The number of likely N-dealkylation sites (N-methyl/N-ethyl adjacent to an activating group) is 1. The number of aliphatic carboxylic acids is 1. The van der Waals surface area contributed by atoms with E-state index in [0.717, 1.165) is 6.42 Å². The van der Waals surface area contributed by atoms with Crippen molar-refractivity contribution in [3.05, 3.63) is 0 Å². The molecular formula is C12H24N2O3. The van der Waals surface area contributed by atoms with Crippen LogP contribution in [-0.4, -0.2) is 47.1 Å². The third kappa shape index (κ3) is 5.17. The lowest BCUT2D eigenvalue weighted by Gasteiger charge is -2.27. The van der Waals surface area contributed by atoms with Crippen molar-refractivity contribution in [3.8, 4) is 0 Å². The number of hydrogen-bond donors (Lipinski definition) is 2. The predicted molar refractivity (Wildman–Crippen MR) is 66.8 cm³/mol. The van der Waals surface area contributed by atoms with Gasteiger partial charge in [0, 0.05) is 13.1 Å². The van der Waals surface area contributed by atoms with E-state index >= 15 is 0 Å². The molecule has 0 aliphatic heterocycles. The van der Waals surface area contributed by atoms with Crippen LogP contribution in [0.3, 0.4) is 0 Å². The fourth-order valence-electron chi connectivity index (χ4n) is 1.50. The molecule has 0 aromatic heterocycles. The summed E-state index contributed by atoms with van der Waals surface area (Å²) in [5, 5.41) is 11.9. The Labute approximate surface area is 103 Å². The first-order valence-electron chi connectivity index (χ1n) is 6.06. The Kier molecular flexibility index (Phi) is 6.80. The first-order valence-corrected chi connectivity index (χ1v) is 6.06. The molecule has 1 amide bonds. The molecule has 2 unspecified atom stereocenters. The van der Waals surface area contributed by atoms with Gasteiger partial charge in [0.25, 0.3) is 0 Å². The van der Waals surface area contributed by atoms with Gasteiger partial charge in [-0.05, 0) is 27.2 Å². The van der Waals surface area contributed by atoms with Crippen LogP contribution in [0, 0.1) is 0 Å². The highest BCUT2D eigenvalue weighted by atomic mass is 16.4. The van der Waals surface area contributed by atoms with Crippen LogP contribution in [0.5, 0.6) is 0 Å². The third-order valence-electron chi connectivity index (χ3n) is 2.82. The number of carbonyl (C=O) groups excluding carboxylic acids is 1. The number of carboxylic acid groups (broad SMARTS) is 1. The quantitative estimate of drug-likeness (QED) is 0.703. The van der Waals surface area contributed by atoms with E-state index in [4.69, 9.17) is 5.11 Å². The Balaban J connectivity index is 4.44. The Morgan fingerprint density at radius 2 is 1.82 bits per heavy atom. The summed E-state index contributed by atoms with van der Waals surface area (Å²) < 4.78 is 0. The number of rotatable bonds is 7. The fraction of sp³-hybridized carbons (Fsp3) is 0.833. The Morgan fingerprint density at radius 1 is 1.29 bits per heavy atom. The van der Waals surface area contributed by atoms with Gasteiger partial charge in [0.2, 0.25) is 5.91 Å². The molecule has 100 valence electrons. The molecule has 0 bridgehead atoms. The van der Waals surface area contributed by atoms with E-state index in [1.807, 2.05) is 20.8 Å². The fourth-order valence-corrected chi connectivity index (χ4v) is 1.50. The molecule has 0 saturated carbocycles. The van der Waals surface area contributed by atoms with Crippen LogP contribution in [0.15, 0.2) is 0 Å². The topological polar surface area (TPSA) is 69.6 Å². The van der Waals surface area contributed by atoms with Crippen molar-refractivity contribution in [2.24, 2.45) is 0 Å². The van der Waals surface area contributed by atoms with Gasteiger partial charge >= 0.3 is 5.97 Å². The molecule has 5 heteroatoms. The normalized spacial score (nSPS) is 14.5. The Bertz CT molecular complexity index is 266. The van der Waals surface area contributed by atoms with Gasteiger partial charge in [-0.3, -0.25) is 14.9 Å². The molecule has 0 aliphatic rings. The van der Waals surface area contributed by atoms with Gasteiger partial charge in [-0.1, -0.05) is 13.3 Å². The van der Waals surface area contributed by atoms with E-state index < -0.39 is 18.1 Å². The summed E-state index contributed by atoms with van der Waals surface area (Å²) in [5.74, 6) is -0.985. The molecule has 0 heterocycles. The van der Waals surface area contributed by atoms with Gasteiger partial charge < -0.3 is 10.0 Å². The maximum absolute atomic E-state index is 11.9. The van der Waals surface area contributed by atoms with Gasteiger partial charge in [-0.15, -0.1) is 0 Å². The summed E-state index contributed by atoms with van der Waals surface area (Å²) in [7, 11) is 1.72. The van der Waals surface area contributed by atoms with E-state index in [0.29, 0.717) is 6.42 Å². The van der Waals surface area contributed by atoms with Crippen molar-refractivity contribution in [1.82, 2.24) is 10.2 Å². The van der Waals surface area contributed by atoms with Gasteiger partial charge in [0.05, 0.1) is 6.04 Å². The van der Waals surface area contributed by atoms with Gasteiger partial charge in [-0.2, -0.15) is 0 Å². The zero-order chi connectivity index (χ0) is 13.6. The monoisotopic (exact) mass is 244 g/mol. The first kappa shape index (κ1) is 15.9. The third-order valence-corrected chi connectivity index (χ3v) is 2.82. The molecule has 0 saturated heterocycles. The molecule has 0 spiro atoms. The zero-order valence-corrected chi connectivity index (χ0v) is 11.4. The molecule has 0 fully saturated rings. The zero-order valence-electron chi connectivity index (χ0n) is 11.4. The maximum atomic E-state index is 11.9. The van der Waals surface area contributed by atoms with Crippen LogP contribution >= 0.6 is 0 Å². The lowest BCUT2D eigenvalue weighted by atomic mass is 10.1. The minimum absolute atomic E-state index is 0.0812. The van der Waals surface area contributed by atoms with E-state index in [1.165, 1.54) is 0 Å². The number of carboxylic acids is 1. The van der Waals surface area contributed by atoms with Crippen molar-refractivity contribution in [2.75, 3.05) is 7.05 Å². The van der Waals surface area contributed by atoms with Crippen LogP contribution in [0.4, 0.5) is 0 Å². The Hall–Kier alpha value is -1.10. The van der Waals surface area contributed by atoms with Crippen molar-refractivity contribution < 1.29 is 14.7 Å². The number of nitrogens with zero attached hydrogens (tertiary/aromatic N) is 1. The summed E-state index contributed by atoms with van der Waals surface area (Å²) in [6.07, 6.45) is 1.29. The molecule has 0 rings (SSSR count). The molecule has 17 heavy (non-hydrogen) atoms. The average molecular weight is 244 g/mol. The second kappa shape index (κ2) is 7.27. The average Bonchev–Trinajstić information content (AvgIpc) is 2.25. The standard InChI is InChI=1S/C12H24N2O3/c1-6-7-10(12(16)17)13-9(4)11(15)14(5)8(2)3/h8-10,13H,6-7H2,1-5H3,(H,16,17). The van der Waals surface area contributed by atoms with Crippen LogP contribution in [0.25, 0.3) is 0 Å². The smallest absolute Gasteiger partial charge is 0.320 e. The number of amides is 1. The van der Waals surface area contributed by atoms with Crippen LogP contribution < -0.4 is 5.32 Å². The van der Waals surface area contributed by atoms with Crippen molar-refractivity contribution in [3.63, 3.8) is 0 Å². The number of hydrogen-bond acceptors (Lipinski definition) is 3. The van der Waals surface area contributed by atoms with E-state index in [1.54, 1.807) is 18.9 Å². The lowest BCUT2D eigenvalue weighted by molar-refractivity contribution is -0.140. The summed E-state index contributed by atoms with van der Waals surface area (Å²) >= 11 is 0. The largest absolute Gasteiger partial charge is 0.480 e. The highest BCUT2D eigenvalue weighted by Crippen LogP contribution is 2.03. The molecular weight excluding hydrogens is 220 g/mol. The Morgan fingerprint density at radius 3 is 2.18 bits per heavy atom. The summed E-state index contributed by atoms with van der Waals surface area (Å²) in [4.78, 5) is 24.5.